The fourth-order valence-electron chi connectivity index (χ4n) is 11.5. The summed E-state index contributed by atoms with van der Waals surface area (Å²) in [6.45, 7) is 8.82. The van der Waals surface area contributed by atoms with E-state index >= 15 is 0 Å². The summed E-state index contributed by atoms with van der Waals surface area (Å²) in [5, 5.41) is 1.83. The van der Waals surface area contributed by atoms with Gasteiger partial charge in [-0.25, -0.2) is 8.42 Å². The summed E-state index contributed by atoms with van der Waals surface area (Å²) in [6.07, 6.45) is 10.3. The van der Waals surface area contributed by atoms with Gasteiger partial charge in [0.1, 0.15) is 0 Å². The molecule has 6 bridgehead atoms. The molecule has 0 aromatic heterocycles. The summed E-state index contributed by atoms with van der Waals surface area (Å²) < 4.78 is 30.8. The summed E-state index contributed by atoms with van der Waals surface area (Å²) in [4.78, 5) is 37.2. The monoisotopic (exact) mass is 723 g/mol. The quantitative estimate of drug-likeness (QED) is 0.282. The Morgan fingerprint density at radius 1 is 0.788 bits per heavy atom. The van der Waals surface area contributed by atoms with Crippen molar-refractivity contribution in [1.29, 1.82) is 0 Å². The number of piperazine rings is 2. The van der Waals surface area contributed by atoms with Crippen molar-refractivity contribution in [3.8, 4) is 0 Å². The molecule has 4 saturated carbocycles. The SMILES string of the molecule is CC(C)N1CCN(c2ccc(C(=O)N3CC4CCC3CN4C(=O)CC34CC5CC(CC(C5)C3)C4)cc2NS(=O)(=O)c2ccc3ccccc3c2)CC1. The van der Waals surface area contributed by atoms with Gasteiger partial charge >= 0.3 is 0 Å². The molecular formula is C42H53N5O4S. The van der Waals surface area contributed by atoms with E-state index in [4.69, 9.17) is 0 Å². The van der Waals surface area contributed by atoms with Gasteiger partial charge in [0.15, 0.2) is 0 Å². The molecule has 276 valence electrons. The van der Waals surface area contributed by atoms with Crippen LogP contribution in [0.1, 0.15) is 82.0 Å². The van der Waals surface area contributed by atoms with E-state index < -0.39 is 10.0 Å². The van der Waals surface area contributed by atoms with Crippen molar-refractivity contribution in [1.82, 2.24) is 14.7 Å². The van der Waals surface area contributed by atoms with E-state index in [0.29, 0.717) is 42.7 Å². The van der Waals surface area contributed by atoms with Gasteiger partial charge in [0, 0.05) is 69.4 Å². The second-order valence-corrected chi connectivity index (χ2v) is 19.1. The maximum atomic E-state index is 14.3. The van der Waals surface area contributed by atoms with Gasteiger partial charge < -0.3 is 14.7 Å². The molecule has 4 heterocycles. The Hall–Kier alpha value is -3.63. The summed E-state index contributed by atoms with van der Waals surface area (Å²) >= 11 is 0. The average Bonchev–Trinajstić information content (AvgIpc) is 3.13. The number of hydrogen-bond donors (Lipinski definition) is 1. The third kappa shape index (κ3) is 6.27. The Morgan fingerprint density at radius 2 is 1.42 bits per heavy atom. The standard InChI is InChI=1S/C42H53N5O4S/c1-28(2)44-13-15-45(16-14-44)39-12-8-34(21-38(39)43-52(50,51)37-11-7-32-5-3-4-6-33(32)20-37)41(49)47-27-35-9-10-36(47)26-46(35)40(48)25-42-22-29-17-30(23-42)19-31(18-29)24-42/h3-8,11-12,20-21,28-31,35-36,43H,9-10,13-19,22-27H2,1-2H3. The van der Waals surface area contributed by atoms with E-state index in [1.54, 1.807) is 18.2 Å². The Morgan fingerprint density at radius 3 is 2.06 bits per heavy atom. The van der Waals surface area contributed by atoms with Crippen LogP contribution in [0.4, 0.5) is 11.4 Å². The van der Waals surface area contributed by atoms with Gasteiger partial charge in [0.25, 0.3) is 15.9 Å². The number of carbonyl (C=O) groups is 2. The number of sulfonamides is 1. The maximum absolute atomic E-state index is 14.3. The number of benzene rings is 3. The van der Waals surface area contributed by atoms with E-state index in [2.05, 4.69) is 33.3 Å². The zero-order valence-electron chi connectivity index (χ0n) is 30.7. The molecule has 3 aromatic carbocycles. The first-order valence-corrected chi connectivity index (χ1v) is 21.3. The van der Waals surface area contributed by atoms with Gasteiger partial charge in [-0.1, -0.05) is 30.3 Å². The molecule has 10 heteroatoms. The molecular weight excluding hydrogens is 671 g/mol. The molecule has 4 aliphatic heterocycles. The first kappa shape index (κ1) is 34.2. The molecule has 0 spiro atoms. The van der Waals surface area contributed by atoms with E-state index in [0.717, 1.165) is 73.2 Å². The summed E-state index contributed by atoms with van der Waals surface area (Å²) in [5.74, 6) is 2.68. The van der Waals surface area contributed by atoms with Crippen LogP contribution < -0.4 is 9.62 Å². The molecule has 2 unspecified atom stereocenters. The Bertz CT molecular complexity index is 1950. The highest BCUT2D eigenvalue weighted by molar-refractivity contribution is 7.92. The molecule has 4 saturated heterocycles. The van der Waals surface area contributed by atoms with Gasteiger partial charge in [0.05, 0.1) is 16.3 Å². The number of nitrogens with zero attached hydrogens (tertiary/aromatic N) is 4. The number of hydrogen-bond acceptors (Lipinski definition) is 6. The zero-order chi connectivity index (χ0) is 35.8. The Balaban J connectivity index is 0.948. The highest BCUT2D eigenvalue weighted by Gasteiger charge is 2.53. The normalized spacial score (nSPS) is 30.1. The minimum Gasteiger partial charge on any atom is -0.367 e. The highest BCUT2D eigenvalue weighted by Crippen LogP contribution is 2.61. The van der Waals surface area contributed by atoms with Gasteiger partial charge in [-0.05, 0) is 129 Å². The van der Waals surface area contributed by atoms with Crippen LogP contribution >= 0.6 is 0 Å². The van der Waals surface area contributed by atoms with Gasteiger partial charge in [-0.3, -0.25) is 19.2 Å². The van der Waals surface area contributed by atoms with Crippen molar-refractivity contribution in [3.05, 3.63) is 66.2 Å². The van der Waals surface area contributed by atoms with Gasteiger partial charge in [-0.2, -0.15) is 0 Å². The second-order valence-electron chi connectivity index (χ2n) is 17.4. The fourth-order valence-corrected chi connectivity index (χ4v) is 12.6. The van der Waals surface area contributed by atoms with Gasteiger partial charge in [0.2, 0.25) is 5.91 Å². The number of carbonyl (C=O) groups excluding carboxylic acids is 2. The topological polar surface area (TPSA) is 93.3 Å². The Kier molecular flexibility index (Phi) is 8.57. The van der Waals surface area contributed by atoms with E-state index in [1.807, 2.05) is 47.4 Å². The molecule has 9 nitrogen and oxygen atoms in total. The second kappa shape index (κ2) is 13.0. The first-order valence-electron chi connectivity index (χ1n) is 19.8. The third-order valence-electron chi connectivity index (χ3n) is 13.7. The Labute approximate surface area is 308 Å². The number of rotatable bonds is 8. The van der Waals surface area contributed by atoms with Crippen molar-refractivity contribution in [2.24, 2.45) is 23.2 Å². The van der Waals surface area contributed by atoms with Crippen LogP contribution in [-0.2, 0) is 14.8 Å². The summed E-state index contributed by atoms with van der Waals surface area (Å²) in [6, 6.07) is 18.9. The molecule has 1 N–H and O–H groups in total. The molecule has 3 aromatic rings. The lowest BCUT2D eigenvalue weighted by atomic mass is 9.49. The molecule has 8 fully saturated rings. The lowest BCUT2D eigenvalue weighted by Gasteiger charge is -2.58. The molecule has 2 atom stereocenters. The van der Waals surface area contributed by atoms with Crippen LogP contribution in [-0.4, -0.2) is 92.3 Å². The molecule has 52 heavy (non-hydrogen) atoms. The molecule has 11 rings (SSSR count). The number of anilines is 2. The first-order chi connectivity index (χ1) is 25.0. The van der Waals surface area contributed by atoms with Gasteiger partial charge in [-0.15, -0.1) is 0 Å². The summed E-state index contributed by atoms with van der Waals surface area (Å²) in [7, 11) is -3.96. The molecule has 2 amide bonds. The summed E-state index contributed by atoms with van der Waals surface area (Å²) in [5.41, 5.74) is 1.88. The van der Waals surface area contributed by atoms with Crippen LogP contribution in [0.5, 0.6) is 0 Å². The lowest BCUT2D eigenvalue weighted by molar-refractivity contribution is -0.148. The zero-order valence-corrected chi connectivity index (χ0v) is 31.5. The van der Waals surface area contributed by atoms with Crippen LogP contribution in [0.25, 0.3) is 10.8 Å². The average molecular weight is 724 g/mol. The van der Waals surface area contributed by atoms with Crippen molar-refractivity contribution >= 4 is 44.0 Å². The van der Waals surface area contributed by atoms with Crippen molar-refractivity contribution in [2.75, 3.05) is 48.9 Å². The minimum atomic E-state index is -3.96. The maximum Gasteiger partial charge on any atom is 0.261 e. The largest absolute Gasteiger partial charge is 0.367 e. The number of fused-ring (bicyclic) bond motifs is 4. The number of piperidine rings is 2. The minimum absolute atomic E-state index is 0.0284. The lowest BCUT2D eigenvalue weighted by Crippen LogP contribution is -2.65. The fraction of sp³-hybridized carbons (Fsp3) is 0.571. The third-order valence-corrected chi connectivity index (χ3v) is 15.1. The van der Waals surface area contributed by atoms with E-state index in [1.165, 1.54) is 38.5 Å². The predicted octanol–water partition coefficient (Wildman–Crippen LogP) is 6.59. The van der Waals surface area contributed by atoms with Crippen LogP contribution in [0.15, 0.2) is 65.6 Å². The van der Waals surface area contributed by atoms with Crippen LogP contribution in [0.3, 0.4) is 0 Å². The van der Waals surface area contributed by atoms with Crippen molar-refractivity contribution < 1.29 is 18.0 Å². The smallest absolute Gasteiger partial charge is 0.261 e. The molecule has 0 radical (unpaired) electrons. The van der Waals surface area contributed by atoms with E-state index in [9.17, 15) is 18.0 Å². The number of amides is 2. The predicted molar refractivity (Wildman–Crippen MR) is 205 cm³/mol. The van der Waals surface area contributed by atoms with Crippen LogP contribution in [0, 0.1) is 23.2 Å². The van der Waals surface area contributed by atoms with E-state index in [-0.39, 0.29) is 28.3 Å². The molecule has 4 aliphatic carbocycles. The van der Waals surface area contributed by atoms with Crippen molar-refractivity contribution in [3.63, 3.8) is 0 Å². The number of nitrogens with one attached hydrogen (secondary N) is 1. The van der Waals surface area contributed by atoms with Crippen LogP contribution in [0.2, 0.25) is 0 Å². The molecule has 8 aliphatic rings. The highest BCUT2D eigenvalue weighted by atomic mass is 32.2. The van der Waals surface area contributed by atoms with Crippen molar-refractivity contribution in [2.45, 2.75) is 94.7 Å².